The molecular weight excluding hydrogens is 306 g/mol. The smallest absolute Gasteiger partial charge is 0.340 e. The van der Waals surface area contributed by atoms with Crippen molar-refractivity contribution in [2.75, 3.05) is 31.5 Å². The molecule has 0 unspecified atom stereocenters. The van der Waals surface area contributed by atoms with Gasteiger partial charge in [0, 0.05) is 26.6 Å². The van der Waals surface area contributed by atoms with Crippen molar-refractivity contribution in [1.82, 2.24) is 13.7 Å². The highest BCUT2D eigenvalue weighted by Crippen LogP contribution is 2.30. The molecule has 104 valence electrons. The molecule has 1 aromatic rings. The Labute approximate surface area is 125 Å². The lowest BCUT2D eigenvalue weighted by Crippen LogP contribution is -2.21. The number of nitro groups is 1. The summed E-state index contributed by atoms with van der Waals surface area (Å²) in [4.78, 5) is 20.5. The van der Waals surface area contributed by atoms with Crippen LogP contribution in [0, 0.1) is 10.1 Å². The van der Waals surface area contributed by atoms with E-state index >= 15 is 0 Å². The average Bonchev–Trinajstić information content (AvgIpc) is 2.38. The number of hydrogen-bond acceptors (Lipinski definition) is 8. The van der Waals surface area contributed by atoms with Gasteiger partial charge in [0.1, 0.15) is 6.33 Å². The minimum Gasteiger partial charge on any atom is -0.357 e. The molecule has 0 fully saturated rings. The first-order valence-electron chi connectivity index (χ1n) is 5.03. The van der Waals surface area contributed by atoms with Crippen molar-refractivity contribution in [3.05, 3.63) is 22.1 Å². The van der Waals surface area contributed by atoms with Gasteiger partial charge < -0.3 is 4.90 Å². The Morgan fingerprint density at radius 2 is 1.95 bits per heavy atom. The Balaban J connectivity index is 3.39. The topological polar surface area (TPSA) is 75.4 Å². The van der Waals surface area contributed by atoms with Crippen molar-refractivity contribution in [3.63, 3.8) is 0 Å². The third-order valence-corrected chi connectivity index (χ3v) is 4.64. The largest absolute Gasteiger partial charge is 0.357 e. The average molecular weight is 319 g/mol. The number of rotatable bonds is 5. The fourth-order valence-corrected chi connectivity index (χ4v) is 3.05. The molecule has 0 bridgehead atoms. The summed E-state index contributed by atoms with van der Waals surface area (Å²) in [7, 11) is 3.37. The van der Waals surface area contributed by atoms with E-state index in [0.717, 1.165) is 0 Å². The van der Waals surface area contributed by atoms with Gasteiger partial charge in [-0.3, -0.25) is 10.1 Å². The fourth-order valence-electron chi connectivity index (χ4n) is 1.35. The van der Waals surface area contributed by atoms with Crippen molar-refractivity contribution in [2.45, 2.75) is 0 Å². The van der Waals surface area contributed by atoms with E-state index in [1.54, 1.807) is 22.7 Å². The Kier molecular flexibility index (Phi) is 5.76. The Hall–Kier alpha value is -1.13. The zero-order valence-electron chi connectivity index (χ0n) is 10.9. The lowest BCUT2D eigenvalue weighted by Gasteiger charge is -2.19. The first-order valence-corrected chi connectivity index (χ1v) is 7.80. The van der Waals surface area contributed by atoms with Gasteiger partial charge in [-0.1, -0.05) is 12.2 Å². The third-order valence-electron chi connectivity index (χ3n) is 2.11. The molecule has 1 aromatic heterocycles. The van der Waals surface area contributed by atoms with E-state index < -0.39 is 4.92 Å². The van der Waals surface area contributed by atoms with E-state index in [2.05, 4.69) is 9.97 Å². The summed E-state index contributed by atoms with van der Waals surface area (Å²) in [6.45, 7) is 0. The van der Waals surface area contributed by atoms with Gasteiger partial charge in [0.2, 0.25) is 5.82 Å². The van der Waals surface area contributed by atoms with Gasteiger partial charge in [-0.25, -0.2) is 13.7 Å². The Morgan fingerprint density at radius 3 is 2.37 bits per heavy atom. The summed E-state index contributed by atoms with van der Waals surface area (Å²) in [5.41, 5.74) is -0.0204. The highest BCUT2D eigenvalue weighted by atomic mass is 32.2. The molecule has 0 aromatic carbocycles. The fraction of sp³-hybridized carbons (Fsp3) is 0.444. The molecule has 7 nitrogen and oxygen atoms in total. The molecule has 0 radical (unpaired) electrons. The molecule has 1 rings (SSSR count). The van der Waals surface area contributed by atoms with Crippen LogP contribution in [0.1, 0.15) is 5.69 Å². The monoisotopic (exact) mass is 319 g/mol. The van der Waals surface area contributed by atoms with Crippen molar-refractivity contribution in [1.29, 1.82) is 0 Å². The standard InChI is InChI=1S/C9H13N5O2S3/c1-12(2)8-7(13(15)16)6(10-5-11-8)9(17)14(18-3)19-4/h5H,1-4H3. The van der Waals surface area contributed by atoms with Crippen molar-refractivity contribution < 1.29 is 4.92 Å². The van der Waals surface area contributed by atoms with Gasteiger partial charge in [-0.05, 0) is 23.9 Å². The molecule has 10 heteroatoms. The van der Waals surface area contributed by atoms with Gasteiger partial charge in [-0.2, -0.15) is 0 Å². The highest BCUT2D eigenvalue weighted by Gasteiger charge is 2.28. The molecule has 0 atom stereocenters. The zero-order chi connectivity index (χ0) is 14.6. The second-order valence-corrected chi connectivity index (χ2v) is 5.55. The second-order valence-electron chi connectivity index (χ2n) is 3.47. The molecule has 0 saturated heterocycles. The predicted octanol–water partition coefficient (Wildman–Crippen LogP) is 1.98. The van der Waals surface area contributed by atoms with Crippen LogP contribution in [0.15, 0.2) is 6.33 Å². The van der Waals surface area contributed by atoms with E-state index in [4.69, 9.17) is 12.2 Å². The maximum Gasteiger partial charge on any atom is 0.340 e. The number of anilines is 1. The van der Waals surface area contributed by atoms with E-state index in [1.165, 1.54) is 30.2 Å². The van der Waals surface area contributed by atoms with Crippen molar-refractivity contribution in [2.24, 2.45) is 0 Å². The van der Waals surface area contributed by atoms with Crippen LogP contribution in [0.3, 0.4) is 0 Å². The lowest BCUT2D eigenvalue weighted by atomic mass is 10.3. The first kappa shape index (κ1) is 15.9. The van der Waals surface area contributed by atoms with E-state index in [0.29, 0.717) is 4.99 Å². The number of aromatic nitrogens is 2. The summed E-state index contributed by atoms with van der Waals surface area (Å²) in [5, 5.41) is 11.3. The van der Waals surface area contributed by atoms with Gasteiger partial charge in [0.15, 0.2) is 10.7 Å². The first-order chi connectivity index (χ1) is 8.93. The maximum atomic E-state index is 11.3. The minimum atomic E-state index is -0.504. The van der Waals surface area contributed by atoms with E-state index in [9.17, 15) is 10.1 Å². The second kappa shape index (κ2) is 6.87. The number of thiocarbonyl (C=S) groups is 1. The minimum absolute atomic E-state index is 0.155. The van der Waals surface area contributed by atoms with E-state index in [-0.39, 0.29) is 17.2 Å². The molecule has 0 saturated carbocycles. The summed E-state index contributed by atoms with van der Waals surface area (Å²) in [5.74, 6) is 0.236. The van der Waals surface area contributed by atoms with Crippen LogP contribution in [0.5, 0.6) is 0 Å². The van der Waals surface area contributed by atoms with Crippen LogP contribution < -0.4 is 4.90 Å². The summed E-state index contributed by atoms with van der Waals surface area (Å²) in [6.07, 6.45) is 4.95. The zero-order valence-corrected chi connectivity index (χ0v) is 13.3. The lowest BCUT2D eigenvalue weighted by molar-refractivity contribution is -0.384. The molecule has 0 aliphatic heterocycles. The van der Waals surface area contributed by atoms with E-state index in [1.807, 2.05) is 12.5 Å². The number of nitrogens with zero attached hydrogens (tertiary/aromatic N) is 5. The van der Waals surface area contributed by atoms with Gasteiger partial charge >= 0.3 is 5.69 Å². The normalized spacial score (nSPS) is 10.1. The molecule has 0 amide bonds. The molecule has 0 aliphatic carbocycles. The van der Waals surface area contributed by atoms with Gasteiger partial charge in [0.05, 0.1) is 4.92 Å². The Bertz CT molecular complexity index is 493. The summed E-state index contributed by atoms with van der Waals surface area (Å²) in [6, 6.07) is 0. The predicted molar refractivity (Wildman–Crippen MR) is 83.6 cm³/mol. The molecule has 19 heavy (non-hydrogen) atoms. The van der Waals surface area contributed by atoms with Crippen LogP contribution in [-0.4, -0.2) is 50.2 Å². The van der Waals surface area contributed by atoms with Crippen molar-refractivity contribution >= 4 is 52.6 Å². The third kappa shape index (κ3) is 3.45. The quantitative estimate of drug-likeness (QED) is 0.350. The molecular formula is C9H13N5O2S3. The van der Waals surface area contributed by atoms with Crippen LogP contribution in [0.25, 0.3) is 0 Å². The van der Waals surface area contributed by atoms with Crippen LogP contribution in [0.2, 0.25) is 0 Å². The van der Waals surface area contributed by atoms with Crippen LogP contribution in [-0.2, 0) is 0 Å². The molecule has 0 aliphatic rings. The molecule has 0 N–H and O–H groups in total. The SMILES string of the molecule is CSN(SC)C(=S)c1ncnc(N(C)C)c1[N+](=O)[O-]. The highest BCUT2D eigenvalue weighted by molar-refractivity contribution is 8.13. The van der Waals surface area contributed by atoms with Gasteiger partial charge in [0.25, 0.3) is 0 Å². The number of hydrogen-bond donors (Lipinski definition) is 0. The van der Waals surface area contributed by atoms with Crippen LogP contribution >= 0.6 is 36.1 Å². The van der Waals surface area contributed by atoms with Gasteiger partial charge in [-0.15, -0.1) is 0 Å². The summed E-state index contributed by atoms with van der Waals surface area (Å²) < 4.78 is 1.68. The van der Waals surface area contributed by atoms with Crippen LogP contribution in [0.4, 0.5) is 11.5 Å². The van der Waals surface area contributed by atoms with Crippen molar-refractivity contribution in [3.8, 4) is 0 Å². The maximum absolute atomic E-state index is 11.3. The molecule has 0 spiro atoms. The molecule has 1 heterocycles. The summed E-state index contributed by atoms with van der Waals surface area (Å²) >= 11 is 8.00. The Morgan fingerprint density at radius 1 is 1.37 bits per heavy atom.